The average molecular weight is 357 g/mol. The fraction of sp³-hybridized carbons (Fsp3) is 0.222. The lowest BCUT2D eigenvalue weighted by atomic mass is 10.1. The highest BCUT2D eigenvalue weighted by molar-refractivity contribution is 7.10. The maximum Gasteiger partial charge on any atom is 0.251 e. The SMILES string of the molecule is COc1cc(OC)cc(C(=O)NCC(c2cccs2)n2cccn2)c1. The van der Waals surface area contributed by atoms with Gasteiger partial charge in [0.15, 0.2) is 0 Å². The third-order valence-electron chi connectivity index (χ3n) is 3.79. The van der Waals surface area contributed by atoms with E-state index in [1.54, 1.807) is 50.0 Å². The number of benzene rings is 1. The molecule has 3 aromatic rings. The van der Waals surface area contributed by atoms with Crippen molar-refractivity contribution in [3.63, 3.8) is 0 Å². The molecule has 0 aliphatic rings. The standard InChI is InChI=1S/C18H19N3O3S/c1-23-14-9-13(10-15(11-14)24-2)18(22)19-12-16(17-5-3-8-25-17)21-7-4-6-20-21/h3-11,16H,12H2,1-2H3,(H,19,22). The van der Waals surface area contributed by atoms with Crippen molar-refractivity contribution in [2.45, 2.75) is 6.04 Å². The lowest BCUT2D eigenvalue weighted by Crippen LogP contribution is -2.31. The van der Waals surface area contributed by atoms with Gasteiger partial charge in [-0.15, -0.1) is 11.3 Å². The molecular formula is C18H19N3O3S. The zero-order chi connectivity index (χ0) is 17.6. The van der Waals surface area contributed by atoms with Crippen LogP contribution in [0, 0.1) is 0 Å². The van der Waals surface area contributed by atoms with Crippen molar-refractivity contribution in [1.82, 2.24) is 15.1 Å². The molecule has 3 rings (SSSR count). The first-order valence-electron chi connectivity index (χ1n) is 7.75. The minimum Gasteiger partial charge on any atom is -0.497 e. The number of carbonyl (C=O) groups is 1. The number of thiophene rings is 1. The molecule has 0 saturated carbocycles. The number of methoxy groups -OCH3 is 2. The monoisotopic (exact) mass is 357 g/mol. The number of nitrogens with one attached hydrogen (secondary N) is 1. The first kappa shape index (κ1) is 17.0. The molecule has 2 heterocycles. The van der Waals surface area contributed by atoms with Crippen LogP contribution in [0.4, 0.5) is 0 Å². The number of aromatic nitrogens is 2. The van der Waals surface area contributed by atoms with Crippen LogP contribution in [0.5, 0.6) is 11.5 Å². The van der Waals surface area contributed by atoms with Crippen LogP contribution in [-0.4, -0.2) is 36.5 Å². The van der Waals surface area contributed by atoms with Crippen LogP contribution in [0.1, 0.15) is 21.3 Å². The average Bonchev–Trinajstić information content (AvgIpc) is 3.35. The molecule has 2 aromatic heterocycles. The number of rotatable bonds is 7. The summed E-state index contributed by atoms with van der Waals surface area (Å²) < 4.78 is 12.3. The molecule has 0 fully saturated rings. The minimum atomic E-state index is -0.189. The smallest absolute Gasteiger partial charge is 0.251 e. The highest BCUT2D eigenvalue weighted by atomic mass is 32.1. The maximum atomic E-state index is 12.6. The molecule has 0 aliphatic heterocycles. The van der Waals surface area contributed by atoms with E-state index < -0.39 is 0 Å². The molecular weight excluding hydrogens is 338 g/mol. The Morgan fingerprint density at radius 2 is 2.00 bits per heavy atom. The van der Waals surface area contributed by atoms with E-state index in [-0.39, 0.29) is 11.9 Å². The molecule has 0 bridgehead atoms. The summed E-state index contributed by atoms with van der Waals surface area (Å²) in [5.74, 6) is 0.962. The van der Waals surface area contributed by atoms with Gasteiger partial charge in [-0.25, -0.2) is 0 Å². The van der Waals surface area contributed by atoms with Gasteiger partial charge in [-0.2, -0.15) is 5.10 Å². The highest BCUT2D eigenvalue weighted by Gasteiger charge is 2.17. The van der Waals surface area contributed by atoms with Gasteiger partial charge in [0.05, 0.1) is 14.2 Å². The minimum absolute atomic E-state index is 0.0496. The number of carbonyl (C=O) groups excluding carboxylic acids is 1. The summed E-state index contributed by atoms with van der Waals surface area (Å²) in [4.78, 5) is 13.7. The van der Waals surface area contributed by atoms with Crippen LogP contribution in [-0.2, 0) is 0 Å². The van der Waals surface area contributed by atoms with E-state index in [1.165, 1.54) is 0 Å². The van der Waals surface area contributed by atoms with Gasteiger partial charge in [-0.1, -0.05) is 6.07 Å². The van der Waals surface area contributed by atoms with Crippen LogP contribution < -0.4 is 14.8 Å². The van der Waals surface area contributed by atoms with E-state index in [4.69, 9.17) is 9.47 Å². The second-order valence-electron chi connectivity index (χ2n) is 5.33. The number of hydrogen-bond donors (Lipinski definition) is 1. The Morgan fingerprint density at radius 3 is 2.56 bits per heavy atom. The second-order valence-corrected chi connectivity index (χ2v) is 6.31. The van der Waals surface area contributed by atoms with Crippen LogP contribution in [0.2, 0.25) is 0 Å². The molecule has 25 heavy (non-hydrogen) atoms. The van der Waals surface area contributed by atoms with Crippen molar-refractivity contribution in [1.29, 1.82) is 0 Å². The lowest BCUT2D eigenvalue weighted by molar-refractivity contribution is 0.0948. The molecule has 0 spiro atoms. The summed E-state index contributed by atoms with van der Waals surface area (Å²) in [6, 6.07) is 11.0. The third kappa shape index (κ3) is 4.00. The highest BCUT2D eigenvalue weighted by Crippen LogP contribution is 2.24. The van der Waals surface area contributed by atoms with E-state index in [0.717, 1.165) is 4.88 Å². The predicted octanol–water partition coefficient (Wildman–Crippen LogP) is 2.98. The fourth-order valence-electron chi connectivity index (χ4n) is 2.50. The summed E-state index contributed by atoms with van der Waals surface area (Å²) in [7, 11) is 3.11. The van der Waals surface area contributed by atoms with E-state index in [0.29, 0.717) is 23.6 Å². The normalized spacial score (nSPS) is 11.8. The molecule has 0 saturated heterocycles. The molecule has 1 amide bonds. The first-order valence-corrected chi connectivity index (χ1v) is 8.63. The van der Waals surface area contributed by atoms with Gasteiger partial charge in [0.25, 0.3) is 5.91 Å². The fourth-order valence-corrected chi connectivity index (χ4v) is 3.32. The van der Waals surface area contributed by atoms with Crippen molar-refractivity contribution in [2.75, 3.05) is 20.8 Å². The molecule has 1 aromatic carbocycles. The third-order valence-corrected chi connectivity index (χ3v) is 4.76. The zero-order valence-electron chi connectivity index (χ0n) is 14.0. The number of hydrogen-bond acceptors (Lipinski definition) is 5. The quantitative estimate of drug-likeness (QED) is 0.706. The van der Waals surface area contributed by atoms with Crippen LogP contribution in [0.15, 0.2) is 54.2 Å². The van der Waals surface area contributed by atoms with Gasteiger partial charge in [0.1, 0.15) is 17.5 Å². The Balaban J connectivity index is 1.76. The maximum absolute atomic E-state index is 12.6. The summed E-state index contributed by atoms with van der Waals surface area (Å²) in [5, 5.41) is 9.30. The Morgan fingerprint density at radius 1 is 1.24 bits per heavy atom. The van der Waals surface area contributed by atoms with Crippen LogP contribution >= 0.6 is 11.3 Å². The van der Waals surface area contributed by atoms with Gasteiger partial charge < -0.3 is 14.8 Å². The van der Waals surface area contributed by atoms with Crippen molar-refractivity contribution < 1.29 is 14.3 Å². The van der Waals surface area contributed by atoms with Crippen molar-refractivity contribution in [3.8, 4) is 11.5 Å². The van der Waals surface area contributed by atoms with Crippen molar-refractivity contribution >= 4 is 17.2 Å². The topological polar surface area (TPSA) is 65.4 Å². The Kier molecular flexibility index (Phi) is 5.35. The Labute approximate surface area is 150 Å². The molecule has 1 unspecified atom stereocenters. The summed E-state index contributed by atoms with van der Waals surface area (Å²) in [6.45, 7) is 0.431. The molecule has 1 N–H and O–H groups in total. The van der Waals surface area contributed by atoms with Gasteiger partial charge in [-0.3, -0.25) is 9.48 Å². The second kappa shape index (κ2) is 7.85. The molecule has 7 heteroatoms. The van der Waals surface area contributed by atoms with E-state index >= 15 is 0 Å². The number of ether oxygens (including phenoxy) is 2. The van der Waals surface area contributed by atoms with Crippen LogP contribution in [0.25, 0.3) is 0 Å². The number of amides is 1. The van der Waals surface area contributed by atoms with Gasteiger partial charge in [0.2, 0.25) is 0 Å². The molecule has 130 valence electrons. The predicted molar refractivity (Wildman–Crippen MR) is 96.6 cm³/mol. The van der Waals surface area contributed by atoms with Crippen molar-refractivity contribution in [2.24, 2.45) is 0 Å². The largest absolute Gasteiger partial charge is 0.497 e. The molecule has 0 aliphatic carbocycles. The first-order chi connectivity index (χ1) is 12.2. The van der Waals surface area contributed by atoms with Gasteiger partial charge >= 0.3 is 0 Å². The van der Waals surface area contributed by atoms with Crippen LogP contribution in [0.3, 0.4) is 0 Å². The summed E-state index contributed by atoms with van der Waals surface area (Å²) in [5.41, 5.74) is 0.488. The van der Waals surface area contributed by atoms with Crippen molar-refractivity contribution in [3.05, 3.63) is 64.6 Å². The molecule has 1 atom stereocenters. The number of nitrogens with zero attached hydrogens (tertiary/aromatic N) is 2. The van der Waals surface area contributed by atoms with E-state index in [1.807, 2.05) is 34.5 Å². The molecule has 6 nitrogen and oxygen atoms in total. The Hall–Kier alpha value is -2.80. The summed E-state index contributed by atoms with van der Waals surface area (Å²) >= 11 is 1.64. The van der Waals surface area contributed by atoms with Gasteiger partial charge in [0, 0.05) is 35.4 Å². The zero-order valence-corrected chi connectivity index (χ0v) is 14.8. The van der Waals surface area contributed by atoms with Gasteiger partial charge in [-0.05, 0) is 29.6 Å². The lowest BCUT2D eigenvalue weighted by Gasteiger charge is -2.17. The summed E-state index contributed by atoms with van der Waals surface area (Å²) in [6.07, 6.45) is 3.63. The van der Waals surface area contributed by atoms with E-state index in [2.05, 4.69) is 10.4 Å². The van der Waals surface area contributed by atoms with E-state index in [9.17, 15) is 4.79 Å². The Bertz CT molecular complexity index is 760. The molecule has 0 radical (unpaired) electrons.